The number of aryl methyl sites for hydroxylation is 1. The summed E-state index contributed by atoms with van der Waals surface area (Å²) in [6.07, 6.45) is 7.93. The number of allylic oxidation sites excluding steroid dienone is 4. The number of hydrogen-bond acceptors (Lipinski definition) is 1. The van der Waals surface area contributed by atoms with Gasteiger partial charge >= 0.3 is 0 Å². The van der Waals surface area contributed by atoms with Crippen molar-refractivity contribution in [2.75, 3.05) is 5.32 Å². The molecule has 2 aromatic rings. The van der Waals surface area contributed by atoms with Gasteiger partial charge < -0.3 is 5.32 Å². The van der Waals surface area contributed by atoms with Crippen molar-refractivity contribution in [3.05, 3.63) is 76.9 Å². The highest BCUT2D eigenvalue weighted by molar-refractivity contribution is 5.95. The fourth-order valence-corrected chi connectivity index (χ4v) is 3.24. The Morgan fingerprint density at radius 3 is 2.62 bits per heavy atom. The molecule has 3 rings (SSSR count). The minimum Gasteiger partial charge on any atom is -0.381 e. The molecule has 0 saturated heterocycles. The zero-order chi connectivity index (χ0) is 16.9. The van der Waals surface area contributed by atoms with Crippen molar-refractivity contribution in [1.29, 1.82) is 0 Å². The number of fused-ring (bicyclic) bond motifs is 1. The highest BCUT2D eigenvalue weighted by Crippen LogP contribution is 2.33. The van der Waals surface area contributed by atoms with E-state index in [0.29, 0.717) is 0 Å². The molecule has 0 radical (unpaired) electrons. The van der Waals surface area contributed by atoms with E-state index < -0.39 is 0 Å². The van der Waals surface area contributed by atoms with Crippen molar-refractivity contribution in [1.82, 2.24) is 0 Å². The molecule has 1 nitrogen and oxygen atoms in total. The van der Waals surface area contributed by atoms with Crippen LogP contribution in [-0.2, 0) is 13.0 Å². The van der Waals surface area contributed by atoms with E-state index in [2.05, 4.69) is 80.7 Å². The standard InChI is InChI=1S/C23H27N/c1-4-6-11-22(20-12-13-23-21(15-20)16-24-23)17(3)19-10-7-9-18(14-19)8-5-2/h6-7,9-15,24H,4-5,8,16H2,1-3H3/b11-6-,22-17-. The zero-order valence-corrected chi connectivity index (χ0v) is 15.0. The SMILES string of the molecule is CC/C=C\C(=C(/C)c1cccc(CCC)c1)c1ccc2c(c1)CN2. The van der Waals surface area contributed by atoms with Crippen LogP contribution in [0, 0.1) is 0 Å². The van der Waals surface area contributed by atoms with Gasteiger partial charge in [0, 0.05) is 12.2 Å². The maximum absolute atomic E-state index is 3.35. The van der Waals surface area contributed by atoms with E-state index >= 15 is 0 Å². The third kappa shape index (κ3) is 3.46. The second-order valence-electron chi connectivity index (χ2n) is 6.53. The van der Waals surface area contributed by atoms with Gasteiger partial charge in [-0.15, -0.1) is 0 Å². The zero-order valence-electron chi connectivity index (χ0n) is 15.0. The first-order chi connectivity index (χ1) is 11.7. The first-order valence-corrected chi connectivity index (χ1v) is 9.06. The largest absolute Gasteiger partial charge is 0.381 e. The van der Waals surface area contributed by atoms with E-state index in [0.717, 1.165) is 19.4 Å². The Kier molecular flexibility index (Phi) is 5.20. The quantitative estimate of drug-likeness (QED) is 0.476. The van der Waals surface area contributed by atoms with Crippen molar-refractivity contribution >= 4 is 16.8 Å². The molecular weight excluding hydrogens is 290 g/mol. The van der Waals surface area contributed by atoms with Crippen molar-refractivity contribution in [3.8, 4) is 0 Å². The molecule has 124 valence electrons. The second-order valence-corrected chi connectivity index (χ2v) is 6.53. The van der Waals surface area contributed by atoms with Crippen molar-refractivity contribution in [2.45, 2.75) is 46.6 Å². The smallest absolute Gasteiger partial charge is 0.0421 e. The van der Waals surface area contributed by atoms with Gasteiger partial charge in [-0.2, -0.15) is 0 Å². The Labute approximate surface area is 146 Å². The van der Waals surface area contributed by atoms with Crippen LogP contribution in [0.2, 0.25) is 0 Å². The van der Waals surface area contributed by atoms with E-state index in [1.165, 1.54) is 45.5 Å². The maximum atomic E-state index is 3.35. The van der Waals surface area contributed by atoms with Gasteiger partial charge in [0.1, 0.15) is 0 Å². The highest BCUT2D eigenvalue weighted by atomic mass is 14.9. The van der Waals surface area contributed by atoms with E-state index in [9.17, 15) is 0 Å². The van der Waals surface area contributed by atoms with Crippen LogP contribution in [0.25, 0.3) is 11.1 Å². The second kappa shape index (κ2) is 7.53. The average Bonchev–Trinajstić information content (AvgIpc) is 2.57. The summed E-state index contributed by atoms with van der Waals surface area (Å²) in [6, 6.07) is 15.8. The maximum Gasteiger partial charge on any atom is 0.0421 e. The summed E-state index contributed by atoms with van der Waals surface area (Å²) in [6.45, 7) is 7.66. The molecule has 1 aliphatic rings. The number of nitrogens with one attached hydrogen (secondary N) is 1. The van der Waals surface area contributed by atoms with Crippen LogP contribution < -0.4 is 5.32 Å². The monoisotopic (exact) mass is 317 g/mol. The van der Waals surface area contributed by atoms with Gasteiger partial charge in [-0.25, -0.2) is 0 Å². The first-order valence-electron chi connectivity index (χ1n) is 9.06. The number of rotatable bonds is 6. The van der Waals surface area contributed by atoms with Crippen LogP contribution in [0.15, 0.2) is 54.6 Å². The molecule has 1 heterocycles. The van der Waals surface area contributed by atoms with Crippen molar-refractivity contribution in [2.24, 2.45) is 0 Å². The fourth-order valence-electron chi connectivity index (χ4n) is 3.24. The highest BCUT2D eigenvalue weighted by Gasteiger charge is 2.14. The third-order valence-electron chi connectivity index (χ3n) is 4.71. The van der Waals surface area contributed by atoms with Gasteiger partial charge in [0.2, 0.25) is 0 Å². The van der Waals surface area contributed by atoms with E-state index in [-0.39, 0.29) is 0 Å². The topological polar surface area (TPSA) is 12.0 Å². The van der Waals surface area contributed by atoms with Crippen LogP contribution in [0.3, 0.4) is 0 Å². The summed E-state index contributed by atoms with van der Waals surface area (Å²) in [5, 5.41) is 3.35. The molecular formula is C23H27N. The van der Waals surface area contributed by atoms with Gasteiger partial charge in [-0.05, 0) is 65.3 Å². The van der Waals surface area contributed by atoms with Crippen LogP contribution in [0.4, 0.5) is 5.69 Å². The van der Waals surface area contributed by atoms with E-state index in [4.69, 9.17) is 0 Å². The predicted octanol–water partition coefficient (Wildman–Crippen LogP) is 6.46. The molecule has 2 aromatic carbocycles. The lowest BCUT2D eigenvalue weighted by molar-refractivity contribution is 0.921. The molecule has 0 fully saturated rings. The summed E-state index contributed by atoms with van der Waals surface area (Å²) in [7, 11) is 0. The summed E-state index contributed by atoms with van der Waals surface area (Å²) < 4.78 is 0. The summed E-state index contributed by atoms with van der Waals surface area (Å²) in [5.74, 6) is 0. The normalized spacial score (nSPS) is 14.0. The van der Waals surface area contributed by atoms with Crippen molar-refractivity contribution in [3.63, 3.8) is 0 Å². The molecule has 0 bridgehead atoms. The van der Waals surface area contributed by atoms with Crippen molar-refractivity contribution < 1.29 is 0 Å². The Balaban J connectivity index is 2.05. The molecule has 24 heavy (non-hydrogen) atoms. The minimum atomic E-state index is 0.985. The number of hydrogen-bond donors (Lipinski definition) is 1. The molecule has 0 aromatic heterocycles. The molecule has 0 amide bonds. The summed E-state index contributed by atoms with van der Waals surface area (Å²) in [5.41, 5.74) is 9.46. The lowest BCUT2D eigenvalue weighted by Gasteiger charge is -2.23. The summed E-state index contributed by atoms with van der Waals surface area (Å²) in [4.78, 5) is 0. The molecule has 1 N–H and O–H groups in total. The third-order valence-corrected chi connectivity index (χ3v) is 4.71. The Morgan fingerprint density at radius 1 is 1.08 bits per heavy atom. The predicted molar refractivity (Wildman–Crippen MR) is 106 cm³/mol. The Hall–Kier alpha value is -2.28. The average molecular weight is 317 g/mol. The van der Waals surface area contributed by atoms with Crippen LogP contribution in [0.5, 0.6) is 0 Å². The lowest BCUT2D eigenvalue weighted by atomic mass is 9.91. The molecule has 0 atom stereocenters. The summed E-state index contributed by atoms with van der Waals surface area (Å²) >= 11 is 0. The van der Waals surface area contributed by atoms with Crippen LogP contribution in [0.1, 0.15) is 55.9 Å². The fraction of sp³-hybridized carbons (Fsp3) is 0.304. The van der Waals surface area contributed by atoms with Gasteiger partial charge in [-0.3, -0.25) is 0 Å². The lowest BCUT2D eigenvalue weighted by Crippen LogP contribution is -2.13. The van der Waals surface area contributed by atoms with Crippen LogP contribution in [-0.4, -0.2) is 0 Å². The number of benzene rings is 2. The Morgan fingerprint density at radius 2 is 1.96 bits per heavy atom. The molecule has 1 heteroatoms. The van der Waals surface area contributed by atoms with Crippen LogP contribution >= 0.6 is 0 Å². The first kappa shape index (κ1) is 16.6. The van der Waals surface area contributed by atoms with E-state index in [1.807, 2.05) is 0 Å². The van der Waals surface area contributed by atoms with E-state index in [1.54, 1.807) is 0 Å². The molecule has 0 spiro atoms. The minimum absolute atomic E-state index is 0.985. The molecule has 0 unspecified atom stereocenters. The van der Waals surface area contributed by atoms with Gasteiger partial charge in [0.05, 0.1) is 0 Å². The number of anilines is 1. The molecule has 0 aliphatic carbocycles. The molecule has 0 saturated carbocycles. The Bertz CT molecular complexity index is 780. The van der Waals surface area contributed by atoms with Gasteiger partial charge in [0.25, 0.3) is 0 Å². The van der Waals surface area contributed by atoms with Gasteiger partial charge in [0.15, 0.2) is 0 Å². The van der Waals surface area contributed by atoms with Gasteiger partial charge in [-0.1, -0.05) is 62.8 Å². The molecule has 1 aliphatic heterocycles.